The number of ether oxygens (including phenoxy) is 2. The number of nitrogens with one attached hydrogen (secondary N) is 1. The SMILES string of the molecule is COc1ccc2c(N)c(C(=O)NN3CCOCC3)sc2c1. The van der Waals surface area contributed by atoms with Crippen LogP contribution in [0, 0.1) is 0 Å². The first-order valence-electron chi connectivity index (χ1n) is 6.68. The third kappa shape index (κ3) is 2.80. The minimum atomic E-state index is -0.172. The van der Waals surface area contributed by atoms with Crippen molar-refractivity contribution in [1.82, 2.24) is 10.4 Å². The quantitative estimate of drug-likeness (QED) is 0.898. The summed E-state index contributed by atoms with van der Waals surface area (Å²) in [7, 11) is 1.62. The first kappa shape index (κ1) is 14.1. The first-order chi connectivity index (χ1) is 10.2. The number of carbonyl (C=O) groups excluding carboxylic acids is 1. The fraction of sp³-hybridized carbons (Fsp3) is 0.357. The molecule has 112 valence electrons. The maximum Gasteiger partial charge on any atom is 0.277 e. The van der Waals surface area contributed by atoms with Gasteiger partial charge in [-0.3, -0.25) is 10.2 Å². The molecule has 0 spiro atoms. The Labute approximate surface area is 126 Å². The topological polar surface area (TPSA) is 76.8 Å². The van der Waals surface area contributed by atoms with Crippen LogP contribution in [0.1, 0.15) is 9.67 Å². The van der Waals surface area contributed by atoms with Crippen LogP contribution in [0.5, 0.6) is 5.75 Å². The van der Waals surface area contributed by atoms with Crippen molar-refractivity contribution >= 4 is 33.0 Å². The number of fused-ring (bicyclic) bond motifs is 1. The van der Waals surface area contributed by atoms with Crippen molar-refractivity contribution in [2.45, 2.75) is 0 Å². The minimum absolute atomic E-state index is 0.172. The van der Waals surface area contributed by atoms with E-state index in [0.29, 0.717) is 36.9 Å². The van der Waals surface area contributed by atoms with Gasteiger partial charge < -0.3 is 15.2 Å². The Bertz CT molecular complexity index is 665. The number of benzene rings is 1. The summed E-state index contributed by atoms with van der Waals surface area (Å²) in [4.78, 5) is 12.9. The summed E-state index contributed by atoms with van der Waals surface area (Å²) in [6.45, 7) is 2.62. The van der Waals surface area contributed by atoms with Crippen LogP contribution in [0.3, 0.4) is 0 Å². The normalized spacial score (nSPS) is 16.0. The van der Waals surface area contributed by atoms with Gasteiger partial charge in [-0.1, -0.05) is 0 Å². The van der Waals surface area contributed by atoms with Crippen molar-refractivity contribution in [3.63, 3.8) is 0 Å². The summed E-state index contributed by atoms with van der Waals surface area (Å²) in [6, 6.07) is 5.61. The smallest absolute Gasteiger partial charge is 0.277 e. The average molecular weight is 307 g/mol. The zero-order valence-corrected chi connectivity index (χ0v) is 12.5. The monoisotopic (exact) mass is 307 g/mol. The van der Waals surface area contributed by atoms with Crippen LogP contribution in [-0.4, -0.2) is 44.3 Å². The second-order valence-electron chi connectivity index (χ2n) is 4.75. The Morgan fingerprint density at radius 1 is 1.43 bits per heavy atom. The van der Waals surface area contributed by atoms with Gasteiger partial charge in [0.2, 0.25) is 0 Å². The number of thiophene rings is 1. The summed E-state index contributed by atoms with van der Waals surface area (Å²) in [6.07, 6.45) is 0. The lowest BCUT2D eigenvalue weighted by Gasteiger charge is -2.26. The molecule has 0 unspecified atom stereocenters. The molecule has 3 N–H and O–H groups in total. The Hall–Kier alpha value is -1.83. The van der Waals surface area contributed by atoms with Gasteiger partial charge in [0.25, 0.3) is 5.91 Å². The van der Waals surface area contributed by atoms with Gasteiger partial charge in [0.15, 0.2) is 0 Å². The van der Waals surface area contributed by atoms with Gasteiger partial charge in [0, 0.05) is 23.2 Å². The lowest BCUT2D eigenvalue weighted by Crippen LogP contribution is -2.48. The van der Waals surface area contributed by atoms with Crippen LogP contribution in [-0.2, 0) is 4.74 Å². The van der Waals surface area contributed by atoms with E-state index in [0.717, 1.165) is 15.8 Å². The average Bonchev–Trinajstić information content (AvgIpc) is 2.85. The fourth-order valence-electron chi connectivity index (χ4n) is 2.26. The molecule has 2 aromatic rings. The van der Waals surface area contributed by atoms with Crippen molar-refractivity contribution in [3.05, 3.63) is 23.1 Å². The summed E-state index contributed by atoms with van der Waals surface area (Å²) in [5.74, 6) is 0.582. The molecule has 1 aromatic carbocycles. The maximum absolute atomic E-state index is 12.4. The molecule has 1 aliphatic heterocycles. The largest absolute Gasteiger partial charge is 0.497 e. The molecule has 6 nitrogen and oxygen atoms in total. The van der Waals surface area contributed by atoms with Gasteiger partial charge in [-0.25, -0.2) is 5.01 Å². The standard InChI is InChI=1S/C14H17N3O3S/c1-19-9-2-3-10-11(8-9)21-13(12(10)15)14(18)16-17-4-6-20-7-5-17/h2-3,8H,4-7,15H2,1H3,(H,16,18). The van der Waals surface area contributed by atoms with Crippen LogP contribution in [0.15, 0.2) is 18.2 Å². The molecule has 7 heteroatoms. The number of hydrazine groups is 1. The Balaban J connectivity index is 1.85. The summed E-state index contributed by atoms with van der Waals surface area (Å²) in [5, 5.41) is 2.74. The molecular formula is C14H17N3O3S. The van der Waals surface area contributed by atoms with Gasteiger partial charge in [0.05, 0.1) is 26.0 Å². The van der Waals surface area contributed by atoms with E-state index in [-0.39, 0.29) is 5.91 Å². The number of hydrogen-bond acceptors (Lipinski definition) is 6. The highest BCUT2D eigenvalue weighted by Gasteiger charge is 2.20. The molecule has 3 rings (SSSR count). The highest BCUT2D eigenvalue weighted by atomic mass is 32.1. The number of amides is 1. The molecule has 1 saturated heterocycles. The molecule has 2 heterocycles. The lowest BCUT2D eigenvalue weighted by atomic mass is 10.2. The van der Waals surface area contributed by atoms with Crippen molar-refractivity contribution in [2.24, 2.45) is 0 Å². The van der Waals surface area contributed by atoms with E-state index >= 15 is 0 Å². The number of nitrogen functional groups attached to an aromatic ring is 1. The molecule has 0 radical (unpaired) electrons. The molecule has 0 atom stereocenters. The molecule has 0 saturated carbocycles. The lowest BCUT2D eigenvalue weighted by molar-refractivity contribution is 0.0128. The number of carbonyl (C=O) groups is 1. The van der Waals surface area contributed by atoms with E-state index in [4.69, 9.17) is 15.2 Å². The van der Waals surface area contributed by atoms with Crippen LogP contribution in [0.4, 0.5) is 5.69 Å². The number of anilines is 1. The number of rotatable bonds is 3. The van der Waals surface area contributed by atoms with Crippen LogP contribution < -0.4 is 15.9 Å². The zero-order valence-electron chi connectivity index (χ0n) is 11.7. The molecule has 1 aromatic heterocycles. The maximum atomic E-state index is 12.4. The van der Waals surface area contributed by atoms with Crippen LogP contribution in [0.2, 0.25) is 0 Å². The molecule has 1 amide bonds. The molecule has 1 fully saturated rings. The second-order valence-corrected chi connectivity index (χ2v) is 5.80. The van der Waals surface area contributed by atoms with Crippen molar-refractivity contribution in [3.8, 4) is 5.75 Å². The third-order valence-corrected chi connectivity index (χ3v) is 4.58. The number of nitrogens with two attached hydrogens (primary N) is 1. The van der Waals surface area contributed by atoms with Gasteiger partial charge in [0.1, 0.15) is 10.6 Å². The molecule has 0 bridgehead atoms. The van der Waals surface area contributed by atoms with Crippen molar-refractivity contribution < 1.29 is 14.3 Å². The Morgan fingerprint density at radius 3 is 2.90 bits per heavy atom. The van der Waals surface area contributed by atoms with E-state index in [1.54, 1.807) is 7.11 Å². The van der Waals surface area contributed by atoms with E-state index in [2.05, 4.69) is 5.43 Å². The number of morpholine rings is 1. The number of hydrogen-bond donors (Lipinski definition) is 2. The van der Waals surface area contributed by atoms with E-state index < -0.39 is 0 Å². The van der Waals surface area contributed by atoms with Gasteiger partial charge in [-0.05, 0) is 18.2 Å². The summed E-state index contributed by atoms with van der Waals surface area (Å²) >= 11 is 1.38. The van der Waals surface area contributed by atoms with E-state index in [1.807, 2.05) is 23.2 Å². The highest BCUT2D eigenvalue weighted by Crippen LogP contribution is 2.35. The first-order valence-corrected chi connectivity index (χ1v) is 7.50. The Morgan fingerprint density at radius 2 is 2.19 bits per heavy atom. The Kier molecular flexibility index (Phi) is 3.96. The van der Waals surface area contributed by atoms with Crippen molar-refractivity contribution in [1.29, 1.82) is 0 Å². The highest BCUT2D eigenvalue weighted by molar-refractivity contribution is 7.21. The number of methoxy groups -OCH3 is 1. The van der Waals surface area contributed by atoms with Gasteiger partial charge in [-0.2, -0.15) is 0 Å². The van der Waals surface area contributed by atoms with Crippen LogP contribution in [0.25, 0.3) is 10.1 Å². The van der Waals surface area contributed by atoms with E-state index in [9.17, 15) is 4.79 Å². The van der Waals surface area contributed by atoms with Crippen molar-refractivity contribution in [2.75, 3.05) is 39.1 Å². The second kappa shape index (κ2) is 5.88. The zero-order chi connectivity index (χ0) is 14.8. The molecule has 1 aliphatic rings. The third-order valence-electron chi connectivity index (χ3n) is 3.41. The molecule has 21 heavy (non-hydrogen) atoms. The van der Waals surface area contributed by atoms with E-state index in [1.165, 1.54) is 11.3 Å². The number of nitrogens with zero attached hydrogens (tertiary/aromatic N) is 1. The van der Waals surface area contributed by atoms with Gasteiger partial charge in [-0.15, -0.1) is 11.3 Å². The predicted molar refractivity (Wildman–Crippen MR) is 82.6 cm³/mol. The fourth-order valence-corrected chi connectivity index (χ4v) is 3.30. The summed E-state index contributed by atoms with van der Waals surface area (Å²) in [5.41, 5.74) is 9.50. The minimum Gasteiger partial charge on any atom is -0.497 e. The predicted octanol–water partition coefficient (Wildman–Crippen LogP) is 1.47. The summed E-state index contributed by atoms with van der Waals surface area (Å²) < 4.78 is 11.4. The van der Waals surface area contributed by atoms with Crippen LogP contribution >= 0.6 is 11.3 Å². The molecule has 0 aliphatic carbocycles. The molecular weight excluding hydrogens is 290 g/mol. The van der Waals surface area contributed by atoms with Gasteiger partial charge >= 0.3 is 0 Å².